The molecular weight excluding hydrogens is 300 g/mol. The van der Waals surface area contributed by atoms with E-state index >= 15 is 0 Å². The molecule has 0 aliphatic carbocycles. The third kappa shape index (κ3) is 4.47. The maximum Gasteiger partial charge on any atom is 0.0643 e. The third-order valence-corrected chi connectivity index (χ3v) is 4.59. The number of hydrogen-bond acceptors (Lipinski definition) is 3. The van der Waals surface area contributed by atoms with Crippen molar-refractivity contribution < 1.29 is 0 Å². The number of rotatable bonds is 7. The molecule has 1 aromatic heterocycles. The highest BCUT2D eigenvalue weighted by Crippen LogP contribution is 2.30. The van der Waals surface area contributed by atoms with Gasteiger partial charge < -0.3 is 10.2 Å². The van der Waals surface area contributed by atoms with Crippen LogP contribution in [-0.4, -0.2) is 12.6 Å². The van der Waals surface area contributed by atoms with Gasteiger partial charge in [-0.05, 0) is 49.5 Å². The Labute approximate surface area is 136 Å². The first kappa shape index (κ1) is 16.3. The molecule has 0 spiro atoms. The predicted molar refractivity (Wildman–Crippen MR) is 94.5 cm³/mol. The molecule has 2 nitrogen and oxygen atoms in total. The topological polar surface area (TPSA) is 15.3 Å². The molecule has 0 saturated heterocycles. The molecule has 0 aliphatic rings. The zero-order chi connectivity index (χ0) is 15.2. The van der Waals surface area contributed by atoms with Crippen molar-refractivity contribution in [3.63, 3.8) is 0 Å². The van der Waals surface area contributed by atoms with Crippen LogP contribution in [0.4, 0.5) is 5.69 Å². The van der Waals surface area contributed by atoms with Crippen LogP contribution in [0.1, 0.15) is 31.2 Å². The van der Waals surface area contributed by atoms with Gasteiger partial charge in [-0.1, -0.05) is 30.7 Å². The minimum atomic E-state index is 0.407. The van der Waals surface area contributed by atoms with Gasteiger partial charge in [-0.2, -0.15) is 0 Å². The summed E-state index contributed by atoms with van der Waals surface area (Å²) in [5, 5.41) is 6.28. The summed E-state index contributed by atoms with van der Waals surface area (Å²) < 4.78 is 0. The number of benzene rings is 1. The second kappa shape index (κ2) is 7.83. The molecule has 1 N–H and O–H groups in total. The van der Waals surface area contributed by atoms with E-state index in [-0.39, 0.29) is 0 Å². The van der Waals surface area contributed by atoms with E-state index in [1.54, 1.807) is 11.3 Å². The van der Waals surface area contributed by atoms with Crippen LogP contribution in [-0.2, 0) is 13.1 Å². The quantitative estimate of drug-likeness (QED) is 0.777. The van der Waals surface area contributed by atoms with Gasteiger partial charge in [-0.3, -0.25) is 0 Å². The van der Waals surface area contributed by atoms with E-state index in [4.69, 9.17) is 11.6 Å². The Balaban J connectivity index is 2.20. The smallest absolute Gasteiger partial charge is 0.0643 e. The van der Waals surface area contributed by atoms with Crippen LogP contribution < -0.4 is 10.2 Å². The van der Waals surface area contributed by atoms with Gasteiger partial charge in [-0.25, -0.2) is 0 Å². The fourth-order valence-electron chi connectivity index (χ4n) is 2.28. The van der Waals surface area contributed by atoms with Crippen LogP contribution in [0.25, 0.3) is 0 Å². The van der Waals surface area contributed by atoms with Crippen molar-refractivity contribution in [1.82, 2.24) is 5.32 Å². The van der Waals surface area contributed by atoms with E-state index in [1.165, 1.54) is 10.4 Å². The van der Waals surface area contributed by atoms with Gasteiger partial charge in [0, 0.05) is 17.5 Å². The number of nitrogens with one attached hydrogen (secondary N) is 1. The fraction of sp³-hybridized carbons (Fsp3) is 0.412. The molecule has 0 fully saturated rings. The Hall–Kier alpha value is -1.03. The molecule has 0 amide bonds. The summed E-state index contributed by atoms with van der Waals surface area (Å²) in [5.74, 6) is 0. The first-order valence-electron chi connectivity index (χ1n) is 7.40. The number of thiophene rings is 1. The van der Waals surface area contributed by atoms with Crippen molar-refractivity contribution in [3.05, 3.63) is 51.2 Å². The normalized spacial score (nSPS) is 11.1. The zero-order valence-corrected chi connectivity index (χ0v) is 14.5. The van der Waals surface area contributed by atoms with Crippen molar-refractivity contribution in [2.24, 2.45) is 0 Å². The predicted octanol–water partition coefficient (Wildman–Crippen LogP) is 4.93. The molecule has 4 heteroatoms. The molecule has 1 aromatic carbocycles. The summed E-state index contributed by atoms with van der Waals surface area (Å²) in [4.78, 5) is 3.71. The first-order valence-corrected chi connectivity index (χ1v) is 8.65. The average Bonchev–Trinajstić information content (AvgIpc) is 2.96. The number of nitrogens with zero attached hydrogens (tertiary/aromatic N) is 1. The van der Waals surface area contributed by atoms with E-state index in [2.05, 4.69) is 66.7 Å². The van der Waals surface area contributed by atoms with E-state index < -0.39 is 0 Å². The molecule has 2 aromatic rings. The lowest BCUT2D eigenvalue weighted by Crippen LogP contribution is -2.30. The van der Waals surface area contributed by atoms with Gasteiger partial charge in [-0.15, -0.1) is 11.3 Å². The largest absolute Gasteiger partial charge is 0.363 e. The van der Waals surface area contributed by atoms with Gasteiger partial charge >= 0.3 is 0 Å². The molecule has 114 valence electrons. The van der Waals surface area contributed by atoms with Gasteiger partial charge in [0.25, 0.3) is 0 Å². The Morgan fingerprint density at radius 2 is 2.10 bits per heavy atom. The summed E-state index contributed by atoms with van der Waals surface area (Å²) in [5.41, 5.74) is 2.34. The Morgan fingerprint density at radius 3 is 2.67 bits per heavy atom. The highest BCUT2D eigenvalue weighted by atomic mass is 35.5. The molecule has 21 heavy (non-hydrogen) atoms. The lowest BCUT2D eigenvalue weighted by Gasteiger charge is -2.29. The maximum absolute atomic E-state index is 6.52. The minimum absolute atomic E-state index is 0.407. The molecule has 0 radical (unpaired) electrons. The molecule has 0 atom stereocenters. The third-order valence-electron chi connectivity index (χ3n) is 3.43. The van der Waals surface area contributed by atoms with Gasteiger partial charge in [0.05, 0.1) is 17.3 Å². The Kier molecular flexibility index (Phi) is 6.09. The van der Waals surface area contributed by atoms with Gasteiger partial charge in [0.2, 0.25) is 0 Å². The summed E-state index contributed by atoms with van der Waals surface area (Å²) in [7, 11) is 0. The van der Waals surface area contributed by atoms with E-state index in [0.29, 0.717) is 6.04 Å². The Bertz CT molecular complexity index is 552. The second-order valence-electron chi connectivity index (χ2n) is 5.37. The molecule has 0 saturated carbocycles. The summed E-state index contributed by atoms with van der Waals surface area (Å²) in [6.45, 7) is 9.26. The summed E-state index contributed by atoms with van der Waals surface area (Å²) in [6.07, 6.45) is 0. The van der Waals surface area contributed by atoms with Gasteiger partial charge in [0.15, 0.2) is 0 Å². The minimum Gasteiger partial charge on any atom is -0.363 e. The zero-order valence-electron chi connectivity index (χ0n) is 12.9. The second-order valence-corrected chi connectivity index (χ2v) is 6.81. The average molecular weight is 323 g/mol. The van der Waals surface area contributed by atoms with Crippen LogP contribution in [0.3, 0.4) is 0 Å². The van der Waals surface area contributed by atoms with Crippen LogP contribution in [0.15, 0.2) is 35.7 Å². The molecular formula is C17H23ClN2S. The van der Waals surface area contributed by atoms with Crippen molar-refractivity contribution in [3.8, 4) is 0 Å². The SMILES string of the molecule is CCNCc1ccc(N(Cc2cccs2)C(C)C)c(Cl)c1. The first-order chi connectivity index (χ1) is 10.1. The number of hydrogen-bond donors (Lipinski definition) is 1. The van der Waals surface area contributed by atoms with Gasteiger partial charge in [0.1, 0.15) is 0 Å². The number of halogens is 1. The number of anilines is 1. The lowest BCUT2D eigenvalue weighted by atomic mass is 10.1. The molecule has 2 rings (SSSR count). The summed E-state index contributed by atoms with van der Waals surface area (Å²) >= 11 is 8.31. The van der Waals surface area contributed by atoms with E-state index in [0.717, 1.165) is 30.3 Å². The monoisotopic (exact) mass is 322 g/mol. The van der Waals surface area contributed by atoms with E-state index in [1.807, 2.05) is 0 Å². The van der Waals surface area contributed by atoms with Crippen LogP contribution in [0, 0.1) is 0 Å². The van der Waals surface area contributed by atoms with Crippen LogP contribution in [0.5, 0.6) is 0 Å². The summed E-state index contributed by atoms with van der Waals surface area (Å²) in [6, 6.07) is 11.1. The van der Waals surface area contributed by atoms with Crippen molar-refractivity contribution in [1.29, 1.82) is 0 Å². The van der Waals surface area contributed by atoms with Crippen LogP contribution in [0.2, 0.25) is 5.02 Å². The van der Waals surface area contributed by atoms with Crippen LogP contribution >= 0.6 is 22.9 Å². The highest BCUT2D eigenvalue weighted by Gasteiger charge is 2.15. The molecule has 0 aliphatic heterocycles. The fourth-order valence-corrected chi connectivity index (χ4v) is 3.29. The maximum atomic E-state index is 6.52. The van der Waals surface area contributed by atoms with Crippen molar-refractivity contribution in [2.75, 3.05) is 11.4 Å². The van der Waals surface area contributed by atoms with Crippen molar-refractivity contribution in [2.45, 2.75) is 39.9 Å². The standard InChI is InChI=1S/C17H23ClN2S/c1-4-19-11-14-7-8-17(16(18)10-14)20(13(2)3)12-15-6-5-9-21-15/h5-10,13,19H,4,11-12H2,1-3H3. The Morgan fingerprint density at radius 1 is 1.29 bits per heavy atom. The highest BCUT2D eigenvalue weighted by molar-refractivity contribution is 7.09. The molecule has 1 heterocycles. The lowest BCUT2D eigenvalue weighted by molar-refractivity contribution is 0.686. The van der Waals surface area contributed by atoms with E-state index in [9.17, 15) is 0 Å². The molecule has 0 unspecified atom stereocenters. The molecule has 0 bridgehead atoms. The van der Waals surface area contributed by atoms with Crippen molar-refractivity contribution >= 4 is 28.6 Å².